The van der Waals surface area contributed by atoms with Crippen LogP contribution in [0.4, 0.5) is 4.39 Å². The van der Waals surface area contributed by atoms with Gasteiger partial charge in [-0.15, -0.1) is 0 Å². The Kier molecular flexibility index (Phi) is 5.71. The number of likely N-dealkylation sites (N-methyl/N-ethyl adjacent to an activating group) is 1. The Hall–Kier alpha value is -2.99. The number of carbonyl (C=O) groups excluding carboxylic acids is 1. The van der Waals surface area contributed by atoms with Gasteiger partial charge in [-0.05, 0) is 55.8 Å². The molecule has 6 heteroatoms. The lowest BCUT2D eigenvalue weighted by atomic mass is 10.0. The fraction of sp³-hybridized carbons (Fsp3) is 0.304. The number of rotatable bonds is 5. The number of halogens is 1. The molecule has 1 unspecified atom stereocenters. The monoisotopic (exact) mass is 392 g/mol. The van der Waals surface area contributed by atoms with Gasteiger partial charge in [0, 0.05) is 31.2 Å². The number of H-pyrrole nitrogens is 1. The molecule has 1 aliphatic rings. The minimum absolute atomic E-state index is 0.0383. The zero-order chi connectivity index (χ0) is 20.2. The van der Waals surface area contributed by atoms with Crippen LogP contribution >= 0.6 is 0 Å². The third-order valence-electron chi connectivity index (χ3n) is 5.53. The normalized spacial score (nSPS) is 16.9. The summed E-state index contributed by atoms with van der Waals surface area (Å²) in [7, 11) is 2.12. The molecule has 29 heavy (non-hydrogen) atoms. The van der Waals surface area contributed by atoms with Gasteiger partial charge < -0.3 is 4.90 Å². The van der Waals surface area contributed by atoms with Crippen molar-refractivity contribution in [3.8, 4) is 11.3 Å². The van der Waals surface area contributed by atoms with E-state index in [-0.39, 0.29) is 11.7 Å². The quantitative estimate of drug-likeness (QED) is 0.715. The second-order valence-corrected chi connectivity index (χ2v) is 7.62. The van der Waals surface area contributed by atoms with Gasteiger partial charge >= 0.3 is 0 Å². The van der Waals surface area contributed by atoms with Crippen molar-refractivity contribution < 1.29 is 9.18 Å². The van der Waals surface area contributed by atoms with Crippen molar-refractivity contribution in [3.63, 3.8) is 0 Å². The Labute approximate surface area is 170 Å². The van der Waals surface area contributed by atoms with Gasteiger partial charge in [0.1, 0.15) is 11.5 Å². The highest BCUT2D eigenvalue weighted by molar-refractivity contribution is 5.93. The van der Waals surface area contributed by atoms with Crippen molar-refractivity contribution in [2.24, 2.45) is 0 Å². The van der Waals surface area contributed by atoms with Crippen molar-refractivity contribution >= 4 is 5.91 Å². The van der Waals surface area contributed by atoms with E-state index < -0.39 is 0 Å². The largest absolute Gasteiger partial charge is 0.336 e. The molecular weight excluding hydrogens is 367 g/mol. The molecule has 0 spiro atoms. The molecule has 150 valence electrons. The third-order valence-corrected chi connectivity index (χ3v) is 5.53. The molecule has 0 saturated carbocycles. The maximum atomic E-state index is 13.1. The van der Waals surface area contributed by atoms with Gasteiger partial charge in [-0.1, -0.05) is 30.3 Å². The molecule has 0 radical (unpaired) electrons. The average Bonchev–Trinajstić information content (AvgIpc) is 3.25. The fourth-order valence-corrected chi connectivity index (χ4v) is 3.87. The first-order valence-electron chi connectivity index (χ1n) is 9.95. The Balaban J connectivity index is 1.41. The summed E-state index contributed by atoms with van der Waals surface area (Å²) in [6.45, 7) is 2.32. The third kappa shape index (κ3) is 4.54. The second kappa shape index (κ2) is 8.57. The number of aromatic amines is 1. The van der Waals surface area contributed by atoms with Crippen LogP contribution in [0.1, 0.15) is 28.9 Å². The van der Waals surface area contributed by atoms with E-state index in [4.69, 9.17) is 0 Å². The second-order valence-electron chi connectivity index (χ2n) is 7.62. The molecule has 1 fully saturated rings. The lowest BCUT2D eigenvalue weighted by Crippen LogP contribution is -2.48. The number of aromatic nitrogens is 2. The molecule has 4 rings (SSSR count). The molecule has 1 amide bonds. The van der Waals surface area contributed by atoms with Crippen molar-refractivity contribution in [3.05, 3.63) is 77.7 Å². The Morgan fingerprint density at radius 1 is 1.21 bits per heavy atom. The Morgan fingerprint density at radius 3 is 2.72 bits per heavy atom. The molecule has 1 N–H and O–H groups in total. The standard InChI is InChI=1S/C23H25FN4O/c1-27(15-17-6-3-2-4-7-17)20-8-5-13-28(16-20)23(29)22-14-21(25-26-22)18-9-11-19(24)12-10-18/h2-4,6-7,9-12,14,20H,5,8,13,15-16H2,1H3,(H,25,26). The van der Waals surface area contributed by atoms with Gasteiger partial charge in [-0.25, -0.2) is 4.39 Å². The van der Waals surface area contributed by atoms with E-state index in [2.05, 4.69) is 46.4 Å². The summed E-state index contributed by atoms with van der Waals surface area (Å²) in [5, 5.41) is 7.09. The van der Waals surface area contributed by atoms with Crippen LogP contribution in [-0.4, -0.2) is 52.1 Å². The van der Waals surface area contributed by atoms with Crippen LogP contribution in [0, 0.1) is 5.82 Å². The molecule has 0 bridgehead atoms. The van der Waals surface area contributed by atoms with Gasteiger partial charge in [-0.3, -0.25) is 14.8 Å². The first-order valence-corrected chi connectivity index (χ1v) is 9.95. The smallest absolute Gasteiger partial charge is 0.271 e. The average molecular weight is 392 g/mol. The molecule has 2 aromatic carbocycles. The summed E-state index contributed by atoms with van der Waals surface area (Å²) in [5.74, 6) is -0.330. The lowest BCUT2D eigenvalue weighted by molar-refractivity contribution is 0.0596. The molecule has 1 atom stereocenters. The SMILES string of the molecule is CN(Cc1ccccc1)C1CCCN(C(=O)c2cc(-c3ccc(F)cc3)n[nH]2)C1. The zero-order valence-electron chi connectivity index (χ0n) is 16.5. The summed E-state index contributed by atoms with van der Waals surface area (Å²) in [4.78, 5) is 17.2. The molecule has 2 heterocycles. The molecule has 0 aliphatic carbocycles. The number of likely N-dealkylation sites (tertiary alicyclic amines) is 1. The highest BCUT2D eigenvalue weighted by Gasteiger charge is 2.28. The predicted octanol–water partition coefficient (Wildman–Crippen LogP) is 3.95. The number of carbonyl (C=O) groups is 1. The van der Waals surface area contributed by atoms with E-state index in [1.54, 1.807) is 18.2 Å². The number of benzene rings is 2. The number of hydrogen-bond donors (Lipinski definition) is 1. The number of nitrogens with zero attached hydrogens (tertiary/aromatic N) is 3. The predicted molar refractivity (Wildman–Crippen MR) is 111 cm³/mol. The highest BCUT2D eigenvalue weighted by atomic mass is 19.1. The van der Waals surface area contributed by atoms with Gasteiger partial charge in [0.05, 0.1) is 5.69 Å². The van der Waals surface area contributed by atoms with E-state index in [9.17, 15) is 9.18 Å². The Bertz CT molecular complexity index is 955. The van der Waals surface area contributed by atoms with Crippen LogP contribution in [0.2, 0.25) is 0 Å². The van der Waals surface area contributed by atoms with Crippen molar-refractivity contribution in [2.75, 3.05) is 20.1 Å². The zero-order valence-corrected chi connectivity index (χ0v) is 16.5. The summed E-state index contributed by atoms with van der Waals surface area (Å²) in [5.41, 5.74) is 3.16. The number of hydrogen-bond acceptors (Lipinski definition) is 3. The van der Waals surface area contributed by atoms with Crippen molar-refractivity contribution in [1.29, 1.82) is 0 Å². The van der Waals surface area contributed by atoms with Gasteiger partial charge in [0.25, 0.3) is 5.91 Å². The van der Waals surface area contributed by atoms with Crippen LogP contribution in [0.3, 0.4) is 0 Å². The first-order chi connectivity index (χ1) is 14.1. The van der Waals surface area contributed by atoms with Crippen LogP contribution in [0.15, 0.2) is 60.7 Å². The minimum atomic E-state index is -0.292. The first kappa shape index (κ1) is 19.3. The highest BCUT2D eigenvalue weighted by Crippen LogP contribution is 2.21. The molecule has 1 aromatic heterocycles. The number of nitrogens with one attached hydrogen (secondary N) is 1. The summed E-state index contributed by atoms with van der Waals surface area (Å²) >= 11 is 0. The van der Waals surface area contributed by atoms with E-state index in [0.29, 0.717) is 24.0 Å². The lowest BCUT2D eigenvalue weighted by Gasteiger charge is -2.37. The number of piperidine rings is 1. The van der Waals surface area contributed by atoms with Gasteiger partial charge in [0.15, 0.2) is 0 Å². The summed E-state index contributed by atoms with van der Waals surface area (Å²) < 4.78 is 13.1. The van der Waals surface area contributed by atoms with E-state index >= 15 is 0 Å². The fourth-order valence-electron chi connectivity index (χ4n) is 3.87. The molecule has 3 aromatic rings. The Morgan fingerprint density at radius 2 is 1.97 bits per heavy atom. The maximum Gasteiger partial charge on any atom is 0.271 e. The van der Waals surface area contributed by atoms with Crippen molar-refractivity contribution in [1.82, 2.24) is 20.0 Å². The topological polar surface area (TPSA) is 52.2 Å². The summed E-state index contributed by atoms with van der Waals surface area (Å²) in [6, 6.07) is 18.6. The van der Waals surface area contributed by atoms with Gasteiger partial charge in [0.2, 0.25) is 0 Å². The van der Waals surface area contributed by atoms with Crippen LogP contribution < -0.4 is 0 Å². The minimum Gasteiger partial charge on any atom is -0.336 e. The maximum absolute atomic E-state index is 13.1. The number of amides is 1. The molecule has 1 saturated heterocycles. The van der Waals surface area contributed by atoms with Crippen LogP contribution in [0.5, 0.6) is 0 Å². The van der Waals surface area contributed by atoms with Crippen molar-refractivity contribution in [2.45, 2.75) is 25.4 Å². The molecule has 1 aliphatic heterocycles. The van der Waals surface area contributed by atoms with E-state index in [1.165, 1.54) is 17.7 Å². The van der Waals surface area contributed by atoms with Gasteiger partial charge in [-0.2, -0.15) is 5.10 Å². The van der Waals surface area contributed by atoms with E-state index in [0.717, 1.165) is 31.5 Å². The van der Waals surface area contributed by atoms with E-state index in [1.807, 2.05) is 11.0 Å². The van der Waals surface area contributed by atoms with Crippen LogP contribution in [0.25, 0.3) is 11.3 Å². The molecule has 5 nitrogen and oxygen atoms in total. The summed E-state index contributed by atoms with van der Waals surface area (Å²) in [6.07, 6.45) is 2.06. The molecular formula is C23H25FN4O. The van der Waals surface area contributed by atoms with Crippen LogP contribution in [-0.2, 0) is 6.54 Å².